The molecule has 17 heavy (non-hydrogen) atoms. The number of guanidine groups is 1. The average molecular weight is 388 g/mol. The molecule has 0 saturated carbocycles. The van der Waals surface area contributed by atoms with E-state index in [2.05, 4.69) is 4.99 Å². The van der Waals surface area contributed by atoms with E-state index in [1.54, 1.807) is 0 Å². The minimum atomic E-state index is 0. The van der Waals surface area contributed by atoms with Gasteiger partial charge in [-0.1, -0.05) is 11.6 Å². The van der Waals surface area contributed by atoms with Gasteiger partial charge >= 0.3 is 0 Å². The first-order chi connectivity index (χ1) is 7.75. The number of rotatable bonds is 2. The van der Waals surface area contributed by atoms with Crippen LogP contribution in [0.25, 0.3) is 0 Å². The van der Waals surface area contributed by atoms with Crippen LogP contribution in [0.2, 0.25) is 4.34 Å². The van der Waals surface area contributed by atoms with Crippen molar-refractivity contribution in [1.82, 2.24) is 4.90 Å². The van der Waals surface area contributed by atoms with Gasteiger partial charge in [-0.05, 0) is 12.1 Å². The molecule has 0 amide bonds. The van der Waals surface area contributed by atoms with E-state index >= 15 is 0 Å². The fraction of sp³-hybridized carbons (Fsp3) is 0.500. The zero-order valence-electron chi connectivity index (χ0n) is 9.26. The summed E-state index contributed by atoms with van der Waals surface area (Å²) in [5, 5.41) is 0. The zero-order chi connectivity index (χ0) is 11.4. The highest BCUT2D eigenvalue weighted by molar-refractivity contribution is 14.0. The molecule has 7 heteroatoms. The normalized spacial score (nSPS) is 16.8. The molecule has 0 unspecified atom stereocenters. The zero-order valence-corrected chi connectivity index (χ0v) is 13.2. The smallest absolute Gasteiger partial charge is 0.191 e. The van der Waals surface area contributed by atoms with Gasteiger partial charge in [-0.3, -0.25) is 0 Å². The van der Waals surface area contributed by atoms with E-state index in [4.69, 9.17) is 22.1 Å². The van der Waals surface area contributed by atoms with Crippen LogP contribution in [-0.2, 0) is 11.3 Å². The van der Waals surface area contributed by atoms with Crippen LogP contribution in [0.3, 0.4) is 0 Å². The molecule has 1 aliphatic heterocycles. The molecule has 0 bridgehead atoms. The van der Waals surface area contributed by atoms with Crippen molar-refractivity contribution in [2.45, 2.75) is 6.54 Å². The van der Waals surface area contributed by atoms with Crippen molar-refractivity contribution >= 4 is 52.9 Å². The van der Waals surface area contributed by atoms with Gasteiger partial charge in [-0.25, -0.2) is 4.99 Å². The van der Waals surface area contributed by atoms with Gasteiger partial charge in [0.25, 0.3) is 0 Å². The molecule has 2 rings (SSSR count). The maximum Gasteiger partial charge on any atom is 0.191 e. The molecule has 2 heterocycles. The van der Waals surface area contributed by atoms with Crippen molar-refractivity contribution in [2.24, 2.45) is 10.7 Å². The number of hydrogen-bond donors (Lipinski definition) is 1. The minimum absolute atomic E-state index is 0. The number of nitrogens with zero attached hydrogens (tertiary/aromatic N) is 2. The van der Waals surface area contributed by atoms with Crippen molar-refractivity contribution in [3.05, 3.63) is 21.3 Å². The Morgan fingerprint density at radius 2 is 2.18 bits per heavy atom. The van der Waals surface area contributed by atoms with Gasteiger partial charge in [-0.15, -0.1) is 35.3 Å². The number of aliphatic imine (C=N–C) groups is 1. The van der Waals surface area contributed by atoms with E-state index < -0.39 is 0 Å². The lowest BCUT2D eigenvalue weighted by molar-refractivity contribution is 0.0674. The molecule has 4 nitrogen and oxygen atoms in total. The maximum atomic E-state index is 5.90. The Morgan fingerprint density at radius 3 is 2.76 bits per heavy atom. The molecule has 0 radical (unpaired) electrons. The Balaban J connectivity index is 0.00000144. The number of halogens is 2. The summed E-state index contributed by atoms with van der Waals surface area (Å²) < 4.78 is 6.04. The van der Waals surface area contributed by atoms with E-state index in [0.29, 0.717) is 12.5 Å². The summed E-state index contributed by atoms with van der Waals surface area (Å²) in [4.78, 5) is 7.51. The van der Waals surface area contributed by atoms with E-state index in [1.807, 2.05) is 17.0 Å². The van der Waals surface area contributed by atoms with Crippen LogP contribution in [0.15, 0.2) is 17.1 Å². The van der Waals surface area contributed by atoms with Gasteiger partial charge in [-0.2, -0.15) is 0 Å². The second kappa shape index (κ2) is 7.40. The third-order valence-electron chi connectivity index (χ3n) is 2.36. The quantitative estimate of drug-likeness (QED) is 0.481. The molecule has 0 spiro atoms. The van der Waals surface area contributed by atoms with Crippen molar-refractivity contribution in [2.75, 3.05) is 26.3 Å². The first kappa shape index (κ1) is 15.0. The van der Waals surface area contributed by atoms with Crippen LogP contribution >= 0.6 is 46.9 Å². The van der Waals surface area contributed by atoms with E-state index in [0.717, 1.165) is 35.5 Å². The fourth-order valence-corrected chi connectivity index (χ4v) is 2.50. The van der Waals surface area contributed by atoms with Crippen LogP contribution in [0.4, 0.5) is 0 Å². The molecular formula is C10H15ClIN3OS. The van der Waals surface area contributed by atoms with Gasteiger partial charge < -0.3 is 15.4 Å². The van der Waals surface area contributed by atoms with Gasteiger partial charge in [0.05, 0.1) is 24.1 Å². The van der Waals surface area contributed by atoms with Gasteiger partial charge in [0, 0.05) is 18.0 Å². The first-order valence-electron chi connectivity index (χ1n) is 5.12. The SMILES string of the molecule is I.NC(=NCc1ccc(Cl)s1)N1CCOCC1. The highest BCUT2D eigenvalue weighted by Gasteiger charge is 2.11. The molecule has 1 aliphatic rings. The summed E-state index contributed by atoms with van der Waals surface area (Å²) in [6.45, 7) is 3.68. The Morgan fingerprint density at radius 1 is 1.47 bits per heavy atom. The van der Waals surface area contributed by atoms with Crippen molar-refractivity contribution in [1.29, 1.82) is 0 Å². The molecular weight excluding hydrogens is 373 g/mol. The standard InChI is InChI=1S/C10H14ClN3OS.HI/c11-9-2-1-8(16-9)7-13-10(12)14-3-5-15-6-4-14;/h1-2H,3-7H2,(H2,12,13);1H. The van der Waals surface area contributed by atoms with E-state index in [9.17, 15) is 0 Å². The van der Waals surface area contributed by atoms with E-state index in [1.165, 1.54) is 11.3 Å². The monoisotopic (exact) mass is 387 g/mol. The first-order valence-corrected chi connectivity index (χ1v) is 6.32. The van der Waals surface area contributed by atoms with Crippen LogP contribution in [0, 0.1) is 0 Å². The van der Waals surface area contributed by atoms with Gasteiger partial charge in [0.2, 0.25) is 0 Å². The summed E-state index contributed by atoms with van der Waals surface area (Å²) in [5.74, 6) is 0.591. The predicted molar refractivity (Wildman–Crippen MR) is 82.5 cm³/mol. The average Bonchev–Trinajstić information content (AvgIpc) is 2.73. The molecule has 1 saturated heterocycles. The minimum Gasteiger partial charge on any atom is -0.378 e. The van der Waals surface area contributed by atoms with E-state index in [-0.39, 0.29) is 24.0 Å². The lowest BCUT2D eigenvalue weighted by atomic mass is 10.4. The summed E-state index contributed by atoms with van der Waals surface area (Å²) in [7, 11) is 0. The summed E-state index contributed by atoms with van der Waals surface area (Å²) in [5.41, 5.74) is 5.90. The Kier molecular flexibility index (Phi) is 6.53. The number of nitrogens with two attached hydrogens (primary N) is 1. The molecule has 0 aromatic carbocycles. The number of hydrogen-bond acceptors (Lipinski definition) is 3. The Hall–Kier alpha value is -0.0500. The lowest BCUT2D eigenvalue weighted by Crippen LogP contribution is -2.44. The Bertz CT molecular complexity index is 379. The van der Waals surface area contributed by atoms with Crippen molar-refractivity contribution in [3.63, 3.8) is 0 Å². The highest BCUT2D eigenvalue weighted by Crippen LogP contribution is 2.21. The fourth-order valence-electron chi connectivity index (χ4n) is 1.49. The topological polar surface area (TPSA) is 50.8 Å². The predicted octanol–water partition coefficient (Wildman–Crippen LogP) is 2.17. The highest BCUT2D eigenvalue weighted by atomic mass is 127. The van der Waals surface area contributed by atoms with Crippen LogP contribution in [-0.4, -0.2) is 37.2 Å². The second-order valence-corrected chi connectivity index (χ2v) is 5.28. The summed E-state index contributed by atoms with van der Waals surface area (Å²) in [6.07, 6.45) is 0. The third kappa shape index (κ3) is 4.61. The molecule has 2 N–H and O–H groups in total. The summed E-state index contributed by atoms with van der Waals surface area (Å²) >= 11 is 7.37. The molecule has 1 aromatic heterocycles. The Labute approximate surface area is 127 Å². The second-order valence-electron chi connectivity index (χ2n) is 3.48. The number of ether oxygens (including phenoxy) is 1. The molecule has 0 aliphatic carbocycles. The summed E-state index contributed by atoms with van der Waals surface area (Å²) in [6, 6.07) is 3.85. The maximum absolute atomic E-state index is 5.90. The number of thiophene rings is 1. The third-order valence-corrected chi connectivity index (χ3v) is 3.58. The molecule has 96 valence electrons. The van der Waals surface area contributed by atoms with Gasteiger partial charge in [0.1, 0.15) is 0 Å². The van der Waals surface area contributed by atoms with Crippen molar-refractivity contribution in [3.8, 4) is 0 Å². The van der Waals surface area contributed by atoms with Crippen LogP contribution in [0.1, 0.15) is 4.88 Å². The lowest BCUT2D eigenvalue weighted by Gasteiger charge is -2.27. The van der Waals surface area contributed by atoms with Crippen LogP contribution in [0.5, 0.6) is 0 Å². The van der Waals surface area contributed by atoms with Gasteiger partial charge in [0.15, 0.2) is 5.96 Å². The molecule has 0 atom stereocenters. The number of morpholine rings is 1. The largest absolute Gasteiger partial charge is 0.378 e. The molecule has 1 aromatic rings. The van der Waals surface area contributed by atoms with Crippen LogP contribution < -0.4 is 5.73 Å². The molecule has 1 fully saturated rings. The van der Waals surface area contributed by atoms with Crippen molar-refractivity contribution < 1.29 is 4.74 Å².